The molecule has 10 heteroatoms. The summed E-state index contributed by atoms with van der Waals surface area (Å²) in [6.45, 7) is 2.48. The summed E-state index contributed by atoms with van der Waals surface area (Å²) in [5, 5.41) is 0.284. The number of carbonyl (C=O) groups excluding carboxylic acids is 1. The average Bonchev–Trinajstić information content (AvgIpc) is 2.85. The number of benzene rings is 2. The first-order chi connectivity index (χ1) is 16.6. The monoisotopic (exact) mass is 483 g/mol. The third-order valence-electron chi connectivity index (χ3n) is 5.98. The van der Waals surface area contributed by atoms with Crippen LogP contribution < -0.4 is 24.7 Å². The van der Waals surface area contributed by atoms with Crippen molar-refractivity contribution in [3.63, 3.8) is 0 Å². The SMILES string of the molecule is COc1cc2[nH]c(N(C)Cc3cccc(C(C)N(C)C(=O)N(C)C)c3)nc(=O)c2c(OC)c1OC. The summed E-state index contributed by atoms with van der Waals surface area (Å²) in [6.07, 6.45) is 0. The van der Waals surface area contributed by atoms with Crippen molar-refractivity contribution in [3.05, 3.63) is 51.8 Å². The second-order valence-electron chi connectivity index (χ2n) is 8.50. The molecule has 3 rings (SSSR count). The number of hydrogen-bond acceptors (Lipinski definition) is 7. The summed E-state index contributed by atoms with van der Waals surface area (Å²) < 4.78 is 16.2. The molecule has 0 aliphatic carbocycles. The molecule has 0 saturated heterocycles. The van der Waals surface area contributed by atoms with Gasteiger partial charge in [-0.2, -0.15) is 4.98 Å². The van der Waals surface area contributed by atoms with Gasteiger partial charge in [0, 0.05) is 40.8 Å². The molecule has 1 heterocycles. The van der Waals surface area contributed by atoms with Crippen molar-refractivity contribution < 1.29 is 19.0 Å². The van der Waals surface area contributed by atoms with Crippen molar-refractivity contribution in [1.29, 1.82) is 0 Å². The van der Waals surface area contributed by atoms with Crippen LogP contribution >= 0.6 is 0 Å². The Morgan fingerprint density at radius 3 is 2.31 bits per heavy atom. The number of methoxy groups -OCH3 is 3. The summed E-state index contributed by atoms with van der Waals surface area (Å²) in [4.78, 5) is 37.9. The molecule has 0 fully saturated rings. The van der Waals surface area contributed by atoms with Gasteiger partial charge < -0.3 is 33.9 Å². The Labute approximate surface area is 205 Å². The Kier molecular flexibility index (Phi) is 7.73. The van der Waals surface area contributed by atoms with E-state index in [2.05, 4.69) is 16.0 Å². The molecule has 1 N–H and O–H groups in total. The molecular weight excluding hydrogens is 450 g/mol. The van der Waals surface area contributed by atoms with E-state index in [4.69, 9.17) is 14.2 Å². The topological polar surface area (TPSA) is 100 Å². The van der Waals surface area contributed by atoms with Crippen molar-refractivity contribution >= 4 is 22.9 Å². The van der Waals surface area contributed by atoms with Crippen molar-refractivity contribution in [3.8, 4) is 17.2 Å². The summed E-state index contributed by atoms with van der Waals surface area (Å²) in [5.41, 5.74) is 2.10. The number of amides is 2. The molecule has 1 atom stereocenters. The number of aromatic nitrogens is 2. The zero-order valence-electron chi connectivity index (χ0n) is 21.5. The highest BCUT2D eigenvalue weighted by Crippen LogP contribution is 2.41. The molecule has 0 aliphatic rings. The highest BCUT2D eigenvalue weighted by atomic mass is 16.5. The minimum Gasteiger partial charge on any atom is -0.493 e. The lowest BCUT2D eigenvalue weighted by Crippen LogP contribution is -2.37. The van der Waals surface area contributed by atoms with Crippen LogP contribution in [-0.4, -0.2) is 75.3 Å². The Hall–Kier alpha value is -3.95. The Morgan fingerprint density at radius 1 is 1.03 bits per heavy atom. The van der Waals surface area contributed by atoms with E-state index >= 15 is 0 Å². The van der Waals surface area contributed by atoms with Gasteiger partial charge >= 0.3 is 6.03 Å². The van der Waals surface area contributed by atoms with Gasteiger partial charge in [-0.05, 0) is 18.1 Å². The molecule has 0 radical (unpaired) electrons. The smallest absolute Gasteiger partial charge is 0.319 e. The van der Waals surface area contributed by atoms with Crippen LogP contribution in [0.5, 0.6) is 17.2 Å². The fourth-order valence-corrected chi connectivity index (χ4v) is 3.95. The van der Waals surface area contributed by atoms with Crippen LogP contribution in [0.4, 0.5) is 10.7 Å². The largest absolute Gasteiger partial charge is 0.493 e. The van der Waals surface area contributed by atoms with Gasteiger partial charge in [0.25, 0.3) is 5.56 Å². The quantitative estimate of drug-likeness (QED) is 0.525. The van der Waals surface area contributed by atoms with Crippen LogP contribution in [0.15, 0.2) is 35.1 Å². The van der Waals surface area contributed by atoms with Gasteiger partial charge in [-0.1, -0.05) is 24.3 Å². The number of fused-ring (bicyclic) bond motifs is 1. The molecule has 35 heavy (non-hydrogen) atoms. The van der Waals surface area contributed by atoms with Crippen molar-refractivity contribution in [2.75, 3.05) is 54.4 Å². The highest BCUT2D eigenvalue weighted by Gasteiger charge is 2.21. The van der Waals surface area contributed by atoms with Gasteiger partial charge in [0.1, 0.15) is 5.39 Å². The zero-order chi connectivity index (χ0) is 25.9. The molecular formula is C25H33N5O5. The van der Waals surface area contributed by atoms with Gasteiger partial charge in [-0.25, -0.2) is 4.79 Å². The van der Waals surface area contributed by atoms with Gasteiger partial charge in [0.15, 0.2) is 11.5 Å². The fraction of sp³-hybridized carbons (Fsp3) is 0.400. The molecule has 0 spiro atoms. The molecule has 1 unspecified atom stereocenters. The first-order valence-electron chi connectivity index (χ1n) is 11.1. The van der Waals surface area contributed by atoms with E-state index in [1.54, 1.807) is 37.0 Å². The predicted molar refractivity (Wildman–Crippen MR) is 136 cm³/mol. The third kappa shape index (κ3) is 5.11. The number of carbonyl (C=O) groups is 1. The maximum atomic E-state index is 13.0. The molecule has 188 valence electrons. The molecule has 0 aliphatic heterocycles. The predicted octanol–water partition coefficient (Wildman–Crippen LogP) is 3.26. The molecule has 0 bridgehead atoms. The Morgan fingerprint density at radius 2 is 1.71 bits per heavy atom. The van der Waals surface area contributed by atoms with Crippen LogP contribution in [0.1, 0.15) is 24.1 Å². The Bertz CT molecular complexity index is 1270. The average molecular weight is 484 g/mol. The summed E-state index contributed by atoms with van der Waals surface area (Å²) in [5.74, 6) is 1.43. The second-order valence-corrected chi connectivity index (χ2v) is 8.50. The fourth-order valence-electron chi connectivity index (χ4n) is 3.95. The lowest BCUT2D eigenvalue weighted by molar-refractivity contribution is 0.167. The van der Waals surface area contributed by atoms with Crippen LogP contribution in [-0.2, 0) is 6.54 Å². The molecule has 3 aromatic rings. The van der Waals surface area contributed by atoms with Gasteiger partial charge in [-0.15, -0.1) is 0 Å². The number of rotatable bonds is 8. The van der Waals surface area contributed by atoms with Crippen molar-refractivity contribution in [1.82, 2.24) is 19.8 Å². The maximum absolute atomic E-state index is 13.0. The van der Waals surface area contributed by atoms with Crippen LogP contribution in [0.25, 0.3) is 10.9 Å². The number of aromatic amines is 1. The van der Waals surface area contributed by atoms with Gasteiger partial charge in [0.2, 0.25) is 11.7 Å². The molecule has 10 nitrogen and oxygen atoms in total. The molecule has 0 saturated carbocycles. The highest BCUT2D eigenvalue weighted by molar-refractivity contribution is 5.90. The van der Waals surface area contributed by atoms with Gasteiger partial charge in [0.05, 0.1) is 32.9 Å². The number of anilines is 1. The minimum absolute atomic E-state index is 0.0690. The van der Waals surface area contributed by atoms with E-state index in [1.165, 1.54) is 21.3 Å². The number of H-pyrrole nitrogens is 1. The van der Waals surface area contributed by atoms with Gasteiger partial charge in [-0.3, -0.25) is 4.79 Å². The summed E-state index contributed by atoms with van der Waals surface area (Å²) >= 11 is 0. The van der Waals surface area contributed by atoms with Crippen LogP contribution in [0, 0.1) is 0 Å². The van der Waals surface area contributed by atoms with Crippen LogP contribution in [0.2, 0.25) is 0 Å². The number of ether oxygens (including phenoxy) is 3. The van der Waals surface area contributed by atoms with E-state index < -0.39 is 5.56 Å². The Balaban J connectivity index is 1.93. The standard InChI is InChI=1S/C25H33N5O5/c1-15(30(5)25(32)28(2)3)17-11-9-10-16(12-17)14-29(4)24-26-18-13-19(33-6)21(34-7)22(35-8)20(18)23(31)27-24/h9-13,15H,14H2,1-8H3,(H,26,27,31). The van der Waals surface area contributed by atoms with E-state index in [0.717, 1.165) is 11.1 Å². The number of nitrogens with zero attached hydrogens (tertiary/aromatic N) is 4. The van der Waals surface area contributed by atoms with E-state index in [1.807, 2.05) is 37.1 Å². The molecule has 1 aromatic heterocycles. The maximum Gasteiger partial charge on any atom is 0.319 e. The first kappa shape index (κ1) is 25.7. The second kappa shape index (κ2) is 10.5. The van der Waals surface area contributed by atoms with E-state index in [0.29, 0.717) is 29.5 Å². The number of nitrogens with one attached hydrogen (secondary N) is 1. The third-order valence-corrected chi connectivity index (χ3v) is 5.98. The lowest BCUT2D eigenvalue weighted by atomic mass is 10.0. The van der Waals surface area contributed by atoms with Crippen molar-refractivity contribution in [2.45, 2.75) is 19.5 Å². The number of hydrogen-bond donors (Lipinski definition) is 1. The molecule has 2 amide bonds. The minimum atomic E-state index is -0.440. The lowest BCUT2D eigenvalue weighted by Gasteiger charge is -2.28. The van der Waals surface area contributed by atoms with Crippen LogP contribution in [0.3, 0.4) is 0 Å². The summed E-state index contributed by atoms with van der Waals surface area (Å²) in [7, 11) is 11.6. The van der Waals surface area contributed by atoms with Crippen molar-refractivity contribution in [2.24, 2.45) is 0 Å². The van der Waals surface area contributed by atoms with E-state index in [-0.39, 0.29) is 23.2 Å². The van der Waals surface area contributed by atoms with E-state index in [9.17, 15) is 9.59 Å². The zero-order valence-corrected chi connectivity index (χ0v) is 21.5. The summed E-state index contributed by atoms with van der Waals surface area (Å²) in [6, 6.07) is 9.52. The first-order valence-corrected chi connectivity index (χ1v) is 11.1. The molecule has 2 aromatic carbocycles. The normalized spacial score (nSPS) is 11.7. The number of urea groups is 1.